The highest BCUT2D eigenvalue weighted by Gasteiger charge is 2.18. The van der Waals surface area contributed by atoms with Crippen LogP contribution in [-0.2, 0) is 6.54 Å². The van der Waals surface area contributed by atoms with Crippen molar-refractivity contribution in [3.8, 4) is 22.3 Å². The molecule has 0 unspecified atom stereocenters. The van der Waals surface area contributed by atoms with Crippen LogP contribution in [-0.4, -0.2) is 9.97 Å². The van der Waals surface area contributed by atoms with Crippen LogP contribution in [0.15, 0.2) is 97.3 Å². The van der Waals surface area contributed by atoms with Gasteiger partial charge in [0.25, 0.3) is 0 Å². The highest BCUT2D eigenvalue weighted by atomic mass is 35.5. The fourth-order valence-corrected chi connectivity index (χ4v) is 4.37. The Morgan fingerprint density at radius 1 is 0.812 bits per heavy atom. The number of benzene rings is 3. The Morgan fingerprint density at radius 3 is 2.31 bits per heavy atom. The summed E-state index contributed by atoms with van der Waals surface area (Å²) in [5, 5.41) is 6.10. The second-order valence-electron chi connectivity index (χ2n) is 7.81. The molecule has 0 aliphatic heterocycles. The maximum atomic E-state index is 6.80. The van der Waals surface area contributed by atoms with Crippen LogP contribution in [0.3, 0.4) is 0 Å². The average molecular weight is 436 g/mol. The predicted molar refractivity (Wildman–Crippen MR) is 134 cm³/mol. The molecular formula is C28H22ClN3. The highest BCUT2D eigenvalue weighted by molar-refractivity contribution is 6.34. The minimum atomic E-state index is 0.464. The molecule has 0 aliphatic rings. The van der Waals surface area contributed by atoms with Gasteiger partial charge in [0, 0.05) is 35.5 Å². The van der Waals surface area contributed by atoms with Gasteiger partial charge in [0.2, 0.25) is 0 Å². The largest absolute Gasteiger partial charge is 0.365 e. The van der Waals surface area contributed by atoms with Crippen molar-refractivity contribution in [3.63, 3.8) is 0 Å². The summed E-state index contributed by atoms with van der Waals surface area (Å²) in [7, 11) is 0. The Morgan fingerprint density at radius 2 is 1.56 bits per heavy atom. The number of rotatable bonds is 5. The summed E-state index contributed by atoms with van der Waals surface area (Å²) in [5.74, 6) is 0.776. The Kier molecular flexibility index (Phi) is 5.57. The number of aromatic nitrogens is 2. The van der Waals surface area contributed by atoms with E-state index in [1.165, 1.54) is 5.56 Å². The summed E-state index contributed by atoms with van der Waals surface area (Å²) < 4.78 is 0. The lowest BCUT2D eigenvalue weighted by molar-refractivity contribution is 1.12. The van der Waals surface area contributed by atoms with Crippen LogP contribution in [0.1, 0.15) is 11.1 Å². The van der Waals surface area contributed by atoms with Gasteiger partial charge in [-0.1, -0.05) is 90.5 Å². The van der Waals surface area contributed by atoms with Gasteiger partial charge in [0.15, 0.2) is 0 Å². The number of hydrogen-bond donors (Lipinski definition) is 1. The molecule has 0 saturated heterocycles. The summed E-state index contributed by atoms with van der Waals surface area (Å²) in [4.78, 5) is 9.22. The van der Waals surface area contributed by atoms with E-state index in [1.54, 1.807) is 0 Å². The van der Waals surface area contributed by atoms with Crippen LogP contribution in [0.2, 0.25) is 5.15 Å². The SMILES string of the molecule is Cc1cncc(-c2c(Cl)nc(NCc3ccccc3)c3c(-c4ccccc4)cccc23)c1. The number of nitrogens with one attached hydrogen (secondary N) is 1. The lowest BCUT2D eigenvalue weighted by atomic mass is 9.94. The van der Waals surface area contributed by atoms with Crippen LogP contribution in [0.4, 0.5) is 5.82 Å². The van der Waals surface area contributed by atoms with Gasteiger partial charge in [0.1, 0.15) is 11.0 Å². The van der Waals surface area contributed by atoms with Crippen LogP contribution < -0.4 is 5.32 Å². The third-order valence-corrected chi connectivity index (χ3v) is 5.81. The first-order valence-corrected chi connectivity index (χ1v) is 11.0. The zero-order chi connectivity index (χ0) is 21.9. The molecule has 0 amide bonds. The van der Waals surface area contributed by atoms with Gasteiger partial charge in [0.05, 0.1) is 0 Å². The van der Waals surface area contributed by atoms with Gasteiger partial charge in [-0.3, -0.25) is 4.98 Å². The zero-order valence-corrected chi connectivity index (χ0v) is 18.5. The second kappa shape index (κ2) is 8.81. The van der Waals surface area contributed by atoms with Crippen molar-refractivity contribution in [1.82, 2.24) is 9.97 Å². The van der Waals surface area contributed by atoms with E-state index in [1.807, 2.05) is 43.6 Å². The van der Waals surface area contributed by atoms with Crippen LogP contribution >= 0.6 is 11.6 Å². The normalized spacial score (nSPS) is 10.9. The molecule has 2 heterocycles. The van der Waals surface area contributed by atoms with Gasteiger partial charge < -0.3 is 5.32 Å². The third kappa shape index (κ3) is 3.95. The number of nitrogens with zero attached hydrogens (tertiary/aromatic N) is 2. The van der Waals surface area contributed by atoms with Gasteiger partial charge >= 0.3 is 0 Å². The van der Waals surface area contributed by atoms with Gasteiger partial charge in [-0.2, -0.15) is 0 Å². The van der Waals surface area contributed by atoms with Crippen molar-refractivity contribution in [3.05, 3.63) is 114 Å². The van der Waals surface area contributed by atoms with Gasteiger partial charge in [-0.05, 0) is 40.6 Å². The topological polar surface area (TPSA) is 37.8 Å². The maximum absolute atomic E-state index is 6.80. The molecule has 0 spiro atoms. The van der Waals surface area contributed by atoms with E-state index in [0.717, 1.165) is 44.4 Å². The minimum absolute atomic E-state index is 0.464. The molecule has 3 nitrogen and oxygen atoms in total. The number of anilines is 1. The number of hydrogen-bond acceptors (Lipinski definition) is 3. The van der Waals surface area contributed by atoms with Crippen LogP contribution in [0.25, 0.3) is 33.0 Å². The molecule has 32 heavy (non-hydrogen) atoms. The Balaban J connectivity index is 1.75. The molecule has 3 aromatic carbocycles. The molecule has 1 N–H and O–H groups in total. The quantitative estimate of drug-likeness (QED) is 0.290. The predicted octanol–water partition coefficient (Wildman–Crippen LogP) is 7.54. The van der Waals surface area contributed by atoms with Crippen molar-refractivity contribution in [2.24, 2.45) is 0 Å². The van der Waals surface area contributed by atoms with E-state index in [0.29, 0.717) is 11.7 Å². The molecule has 4 heteroatoms. The Hall–Kier alpha value is -3.69. The van der Waals surface area contributed by atoms with Crippen molar-refractivity contribution in [2.45, 2.75) is 13.5 Å². The molecule has 5 rings (SSSR count). The molecule has 0 atom stereocenters. The molecule has 0 radical (unpaired) electrons. The molecular weight excluding hydrogens is 414 g/mol. The van der Waals surface area contributed by atoms with E-state index in [4.69, 9.17) is 16.6 Å². The summed E-state index contributed by atoms with van der Waals surface area (Å²) in [6.07, 6.45) is 3.69. The Labute approximate surface area is 192 Å². The molecule has 2 aromatic heterocycles. The first-order chi connectivity index (χ1) is 15.7. The monoisotopic (exact) mass is 435 g/mol. The highest BCUT2D eigenvalue weighted by Crippen LogP contribution is 2.41. The van der Waals surface area contributed by atoms with E-state index < -0.39 is 0 Å². The summed E-state index contributed by atoms with van der Waals surface area (Å²) >= 11 is 6.80. The van der Waals surface area contributed by atoms with Crippen molar-refractivity contribution < 1.29 is 0 Å². The summed E-state index contributed by atoms with van der Waals surface area (Å²) in [6.45, 7) is 2.69. The van der Waals surface area contributed by atoms with Gasteiger partial charge in [-0.25, -0.2) is 4.98 Å². The van der Waals surface area contributed by atoms with Crippen LogP contribution in [0.5, 0.6) is 0 Å². The van der Waals surface area contributed by atoms with E-state index in [9.17, 15) is 0 Å². The van der Waals surface area contributed by atoms with Crippen molar-refractivity contribution in [2.75, 3.05) is 5.32 Å². The smallest absolute Gasteiger partial charge is 0.140 e. The molecule has 156 valence electrons. The molecule has 0 bridgehead atoms. The van der Waals surface area contributed by atoms with E-state index >= 15 is 0 Å². The van der Waals surface area contributed by atoms with Crippen LogP contribution in [0, 0.1) is 6.92 Å². The standard InChI is InChI=1S/C28H22ClN3/c1-19-15-22(18-30-16-19)25-24-14-8-13-23(21-11-6-3-7-12-21)26(24)28(32-27(25)29)31-17-20-9-4-2-5-10-20/h2-16,18H,17H2,1H3,(H,31,32). The lowest BCUT2D eigenvalue weighted by Crippen LogP contribution is -2.04. The fourth-order valence-electron chi connectivity index (χ4n) is 4.07. The van der Waals surface area contributed by atoms with E-state index in [-0.39, 0.29) is 0 Å². The molecule has 5 aromatic rings. The third-order valence-electron chi connectivity index (χ3n) is 5.54. The summed E-state index contributed by atoms with van der Waals surface area (Å²) in [6, 6.07) is 29.1. The van der Waals surface area contributed by atoms with Crippen molar-refractivity contribution in [1.29, 1.82) is 0 Å². The average Bonchev–Trinajstić information content (AvgIpc) is 2.83. The first-order valence-electron chi connectivity index (χ1n) is 10.6. The van der Waals surface area contributed by atoms with E-state index in [2.05, 4.69) is 71.0 Å². The fraction of sp³-hybridized carbons (Fsp3) is 0.0714. The first kappa shape index (κ1) is 20.2. The number of halogens is 1. The minimum Gasteiger partial charge on any atom is -0.365 e. The molecule has 0 saturated carbocycles. The Bertz CT molecular complexity index is 1380. The zero-order valence-electron chi connectivity index (χ0n) is 17.7. The number of aryl methyl sites for hydroxylation is 1. The summed E-state index contributed by atoms with van der Waals surface area (Å²) in [5.41, 5.74) is 6.39. The lowest BCUT2D eigenvalue weighted by Gasteiger charge is -2.17. The number of fused-ring (bicyclic) bond motifs is 1. The molecule has 0 aliphatic carbocycles. The second-order valence-corrected chi connectivity index (χ2v) is 8.17. The molecule has 0 fully saturated rings. The number of pyridine rings is 2. The maximum Gasteiger partial charge on any atom is 0.140 e. The van der Waals surface area contributed by atoms with Crippen molar-refractivity contribution >= 4 is 28.2 Å². The van der Waals surface area contributed by atoms with Gasteiger partial charge in [-0.15, -0.1) is 0 Å².